The van der Waals surface area contributed by atoms with Crippen LogP contribution in [0.3, 0.4) is 0 Å². The number of carbonyl (C=O) groups excluding carboxylic acids is 4. The molecule has 0 heterocycles. The number of hydrogen-bond acceptors (Lipinski definition) is 8. The van der Waals surface area contributed by atoms with E-state index in [0.717, 1.165) is 0 Å². The highest BCUT2D eigenvalue weighted by atomic mass is 16.6. The highest BCUT2D eigenvalue weighted by molar-refractivity contribution is 5.94. The Balaban J connectivity index is 2.20. The van der Waals surface area contributed by atoms with Gasteiger partial charge in [-0.15, -0.1) is 0 Å². The van der Waals surface area contributed by atoms with Crippen LogP contribution in [0.2, 0.25) is 0 Å². The summed E-state index contributed by atoms with van der Waals surface area (Å²) in [5.74, 6) is -6.35. The molecule has 0 aliphatic heterocycles. The monoisotopic (exact) mass is 356 g/mol. The van der Waals surface area contributed by atoms with Crippen molar-refractivity contribution in [3.8, 4) is 0 Å². The van der Waals surface area contributed by atoms with Crippen molar-refractivity contribution in [3.05, 3.63) is 71.8 Å². The first-order chi connectivity index (χ1) is 12.4. The second-order valence-electron chi connectivity index (χ2n) is 5.02. The van der Waals surface area contributed by atoms with Crippen LogP contribution >= 0.6 is 0 Å². The van der Waals surface area contributed by atoms with Gasteiger partial charge in [-0.25, -0.2) is 9.59 Å². The van der Waals surface area contributed by atoms with E-state index in [1.165, 1.54) is 48.5 Å². The maximum atomic E-state index is 12.0. The molecule has 2 unspecified atom stereocenters. The molecule has 134 valence electrons. The summed E-state index contributed by atoms with van der Waals surface area (Å²) in [7, 11) is 0. The second kappa shape index (κ2) is 8.43. The van der Waals surface area contributed by atoms with Gasteiger partial charge >= 0.3 is 11.9 Å². The zero-order chi connectivity index (χ0) is 19.1. The SMILES string of the molecule is O=C(OC(C(=O)[O-])C(OC(=O)c1ccccc1)C(=O)[O-])c1ccccc1. The average Bonchev–Trinajstić information content (AvgIpc) is 2.65. The van der Waals surface area contributed by atoms with Crippen molar-refractivity contribution in [2.24, 2.45) is 0 Å². The molecule has 0 saturated carbocycles. The van der Waals surface area contributed by atoms with Gasteiger partial charge in [0.05, 0.1) is 23.1 Å². The maximum absolute atomic E-state index is 12.0. The molecule has 0 saturated heterocycles. The molecule has 0 bridgehead atoms. The maximum Gasteiger partial charge on any atom is 0.338 e. The van der Waals surface area contributed by atoms with Crippen molar-refractivity contribution in [1.29, 1.82) is 0 Å². The lowest BCUT2D eigenvalue weighted by molar-refractivity contribution is -0.332. The van der Waals surface area contributed by atoms with Crippen molar-refractivity contribution in [2.75, 3.05) is 0 Å². The van der Waals surface area contributed by atoms with E-state index in [9.17, 15) is 29.4 Å². The quantitative estimate of drug-likeness (QED) is 0.573. The largest absolute Gasteiger partial charge is 0.546 e. The Hall–Kier alpha value is -3.68. The van der Waals surface area contributed by atoms with E-state index in [-0.39, 0.29) is 11.1 Å². The predicted molar refractivity (Wildman–Crippen MR) is 81.3 cm³/mol. The third-order valence-corrected chi connectivity index (χ3v) is 3.23. The summed E-state index contributed by atoms with van der Waals surface area (Å²) in [6.07, 6.45) is -4.78. The lowest BCUT2D eigenvalue weighted by Crippen LogP contribution is -2.55. The Kier molecular flexibility index (Phi) is 6.05. The summed E-state index contributed by atoms with van der Waals surface area (Å²) < 4.78 is 9.32. The highest BCUT2D eigenvalue weighted by Crippen LogP contribution is 2.12. The molecule has 2 aromatic rings. The Labute approximate surface area is 147 Å². The van der Waals surface area contributed by atoms with Crippen LogP contribution in [0.15, 0.2) is 60.7 Å². The summed E-state index contributed by atoms with van der Waals surface area (Å²) in [5, 5.41) is 22.5. The van der Waals surface area contributed by atoms with Crippen molar-refractivity contribution in [3.63, 3.8) is 0 Å². The summed E-state index contributed by atoms with van der Waals surface area (Å²) in [6, 6.07) is 14.5. The first-order valence-electron chi connectivity index (χ1n) is 7.34. The minimum atomic E-state index is -2.39. The lowest BCUT2D eigenvalue weighted by atomic mass is 10.1. The predicted octanol–water partition coefficient (Wildman–Crippen LogP) is -1.06. The van der Waals surface area contributed by atoms with Crippen molar-refractivity contribution in [1.82, 2.24) is 0 Å². The van der Waals surface area contributed by atoms with Crippen LogP contribution in [-0.2, 0) is 19.1 Å². The summed E-state index contributed by atoms with van der Waals surface area (Å²) in [6.45, 7) is 0. The minimum absolute atomic E-state index is 0.0229. The van der Waals surface area contributed by atoms with E-state index < -0.39 is 36.1 Å². The van der Waals surface area contributed by atoms with E-state index in [1.54, 1.807) is 12.1 Å². The van der Waals surface area contributed by atoms with E-state index in [1.807, 2.05) is 0 Å². The summed E-state index contributed by atoms with van der Waals surface area (Å²) in [4.78, 5) is 46.5. The summed E-state index contributed by atoms with van der Waals surface area (Å²) >= 11 is 0. The molecular weight excluding hydrogens is 344 g/mol. The fraction of sp³-hybridized carbons (Fsp3) is 0.111. The molecule has 8 nitrogen and oxygen atoms in total. The molecule has 2 rings (SSSR count). The van der Waals surface area contributed by atoms with Crippen LogP contribution in [0.25, 0.3) is 0 Å². The van der Waals surface area contributed by atoms with Crippen LogP contribution in [0.5, 0.6) is 0 Å². The molecule has 2 aromatic carbocycles. The smallest absolute Gasteiger partial charge is 0.338 e. The van der Waals surface area contributed by atoms with Crippen molar-refractivity contribution in [2.45, 2.75) is 12.2 Å². The van der Waals surface area contributed by atoms with Crippen molar-refractivity contribution < 1.29 is 38.9 Å². The van der Waals surface area contributed by atoms with Gasteiger partial charge in [0.2, 0.25) is 0 Å². The first-order valence-corrected chi connectivity index (χ1v) is 7.34. The highest BCUT2D eigenvalue weighted by Gasteiger charge is 2.32. The molecule has 0 aliphatic carbocycles. The van der Waals surface area contributed by atoms with Crippen LogP contribution < -0.4 is 10.2 Å². The zero-order valence-electron chi connectivity index (χ0n) is 13.2. The molecule has 0 aromatic heterocycles. The number of rotatable bonds is 7. The third-order valence-electron chi connectivity index (χ3n) is 3.23. The fourth-order valence-electron chi connectivity index (χ4n) is 1.98. The van der Waals surface area contributed by atoms with E-state index in [0.29, 0.717) is 0 Å². The number of carboxylic acids is 2. The molecule has 0 aliphatic rings. The Morgan fingerprint density at radius 2 is 0.923 bits per heavy atom. The van der Waals surface area contributed by atoms with Gasteiger partial charge in [-0.05, 0) is 24.3 Å². The van der Waals surface area contributed by atoms with E-state index >= 15 is 0 Å². The van der Waals surface area contributed by atoms with Crippen LogP contribution in [-0.4, -0.2) is 36.1 Å². The van der Waals surface area contributed by atoms with Gasteiger partial charge in [-0.3, -0.25) is 0 Å². The average molecular weight is 356 g/mol. The molecular formula is C18H12O8-2. The number of aliphatic carboxylic acids is 2. The molecule has 2 atom stereocenters. The topological polar surface area (TPSA) is 133 Å². The van der Waals surface area contributed by atoms with Gasteiger partial charge in [-0.1, -0.05) is 36.4 Å². The van der Waals surface area contributed by atoms with Gasteiger partial charge < -0.3 is 29.3 Å². The standard InChI is InChI=1S/C18H14O8/c19-15(20)13(25-17(23)11-7-3-1-4-8-11)14(16(21)22)26-18(24)12-9-5-2-6-10-12/h1-10,13-14H,(H,19,20)(H,21,22)/p-2. The number of benzene rings is 2. The van der Waals surface area contributed by atoms with Gasteiger partial charge in [0.1, 0.15) is 0 Å². The molecule has 0 radical (unpaired) electrons. The van der Waals surface area contributed by atoms with Crippen LogP contribution in [0.1, 0.15) is 20.7 Å². The number of carbonyl (C=O) groups is 4. The number of esters is 2. The molecule has 26 heavy (non-hydrogen) atoms. The third kappa shape index (κ3) is 4.67. The number of carboxylic acid groups (broad SMARTS) is 2. The van der Waals surface area contributed by atoms with Crippen LogP contribution in [0, 0.1) is 0 Å². The van der Waals surface area contributed by atoms with Crippen LogP contribution in [0.4, 0.5) is 0 Å². The Morgan fingerprint density at radius 3 is 1.19 bits per heavy atom. The van der Waals surface area contributed by atoms with E-state index in [4.69, 9.17) is 0 Å². The number of ether oxygens (including phenoxy) is 2. The lowest BCUT2D eigenvalue weighted by Gasteiger charge is -2.28. The van der Waals surface area contributed by atoms with Gasteiger partial charge in [-0.2, -0.15) is 0 Å². The van der Waals surface area contributed by atoms with Gasteiger partial charge in [0.25, 0.3) is 0 Å². The fourth-order valence-corrected chi connectivity index (χ4v) is 1.98. The van der Waals surface area contributed by atoms with Gasteiger partial charge in [0.15, 0.2) is 12.2 Å². The first kappa shape index (κ1) is 18.7. The normalized spacial score (nSPS) is 12.5. The number of hydrogen-bond donors (Lipinski definition) is 0. The molecule has 8 heteroatoms. The molecule has 0 fully saturated rings. The molecule has 0 N–H and O–H groups in total. The molecule has 0 spiro atoms. The van der Waals surface area contributed by atoms with Gasteiger partial charge in [0, 0.05) is 0 Å². The van der Waals surface area contributed by atoms with Crippen molar-refractivity contribution >= 4 is 23.9 Å². The second-order valence-corrected chi connectivity index (χ2v) is 5.02. The summed E-state index contributed by atoms with van der Waals surface area (Å²) in [5.41, 5.74) is -0.0459. The van der Waals surface area contributed by atoms with E-state index in [2.05, 4.69) is 9.47 Å². The minimum Gasteiger partial charge on any atom is -0.546 e. The zero-order valence-corrected chi connectivity index (χ0v) is 13.2. The Morgan fingerprint density at radius 1 is 0.615 bits per heavy atom. The Bertz CT molecular complexity index is 731. The molecule has 0 amide bonds.